The largest absolute Gasteiger partial charge is 0.0835 e. The van der Waals surface area contributed by atoms with Gasteiger partial charge >= 0.3 is 0 Å². The highest BCUT2D eigenvalue weighted by atomic mass is 15.0. The second-order valence-corrected chi connectivity index (χ2v) is 7.41. The predicted octanol–water partition coefficient (Wildman–Crippen LogP) is 4.72. The molecule has 0 radical (unpaired) electrons. The number of benzene rings is 2. The van der Waals surface area contributed by atoms with Crippen LogP contribution in [0, 0.1) is 17.3 Å². The smallest absolute Gasteiger partial charge is 0.0190 e. The van der Waals surface area contributed by atoms with Gasteiger partial charge in [0, 0.05) is 10.8 Å². The summed E-state index contributed by atoms with van der Waals surface area (Å²) in [5, 5.41) is 0. The third kappa shape index (κ3) is 0.914. The number of allylic oxidation sites excluding steroid dienone is 2. The number of fused-ring (bicyclic) bond motifs is 4. The molecule has 0 heterocycles. The van der Waals surface area contributed by atoms with Crippen LogP contribution in [0.5, 0.6) is 0 Å². The highest BCUT2D eigenvalue weighted by Crippen LogP contribution is 2.94. The zero-order chi connectivity index (χ0) is 14.3. The Morgan fingerprint density at radius 3 is 1.33 bits per heavy atom. The quantitative estimate of drug-likeness (QED) is 0.694. The van der Waals surface area contributed by atoms with Crippen molar-refractivity contribution in [3.05, 3.63) is 83.9 Å². The lowest BCUT2D eigenvalue weighted by molar-refractivity contribution is 0.143. The van der Waals surface area contributed by atoms with Crippen molar-refractivity contribution >= 4 is 0 Å². The molecule has 0 spiro atoms. The molecule has 0 N–H and O–H groups in total. The Hall–Kier alpha value is -1.82. The lowest BCUT2D eigenvalue weighted by atomic mass is 9.48. The lowest BCUT2D eigenvalue weighted by Crippen LogP contribution is -2.54. The van der Waals surface area contributed by atoms with E-state index in [-0.39, 0.29) is 0 Å². The molecule has 0 aliphatic heterocycles. The fraction of sp³-hybridized carbons (Fsp3) is 0.333. The molecule has 0 nitrogen and oxygen atoms in total. The van der Waals surface area contributed by atoms with Crippen molar-refractivity contribution in [3.8, 4) is 0 Å². The van der Waals surface area contributed by atoms with Crippen LogP contribution in [0.25, 0.3) is 0 Å². The maximum absolute atomic E-state index is 2.48. The van der Waals surface area contributed by atoms with E-state index in [2.05, 4.69) is 86.7 Å². The zero-order valence-corrected chi connectivity index (χ0v) is 12.6. The van der Waals surface area contributed by atoms with E-state index in [9.17, 15) is 0 Å². The van der Waals surface area contributed by atoms with E-state index in [4.69, 9.17) is 0 Å². The molecule has 5 rings (SSSR count). The molecule has 2 saturated carbocycles. The van der Waals surface area contributed by atoms with E-state index >= 15 is 0 Å². The van der Waals surface area contributed by atoms with E-state index in [1.807, 2.05) is 0 Å². The lowest BCUT2D eigenvalue weighted by Gasteiger charge is -2.54. The Morgan fingerprint density at radius 2 is 1.00 bits per heavy atom. The third-order valence-corrected chi connectivity index (χ3v) is 6.90. The van der Waals surface area contributed by atoms with Gasteiger partial charge in [-0.2, -0.15) is 0 Å². The minimum absolute atomic E-state index is 0.308. The molecule has 2 fully saturated rings. The SMILES string of the molecule is CC1(C)[C@]2(c3ccccc3)[C@@H]3C=C[C@H]3[C@@]12c1ccccc1. The highest BCUT2D eigenvalue weighted by molar-refractivity contribution is 5.68. The fourth-order valence-electron chi connectivity index (χ4n) is 6.33. The van der Waals surface area contributed by atoms with Crippen molar-refractivity contribution in [2.24, 2.45) is 17.3 Å². The molecule has 0 aromatic heterocycles. The van der Waals surface area contributed by atoms with Crippen LogP contribution in [0.4, 0.5) is 0 Å². The van der Waals surface area contributed by atoms with Gasteiger partial charge in [0.25, 0.3) is 0 Å². The Morgan fingerprint density at radius 1 is 0.619 bits per heavy atom. The molecule has 0 heteroatoms. The molecule has 2 aromatic carbocycles. The van der Waals surface area contributed by atoms with Crippen LogP contribution in [-0.4, -0.2) is 0 Å². The summed E-state index contributed by atoms with van der Waals surface area (Å²) in [5.41, 5.74) is 4.00. The van der Waals surface area contributed by atoms with Gasteiger partial charge in [-0.25, -0.2) is 0 Å². The van der Waals surface area contributed by atoms with Crippen molar-refractivity contribution in [3.63, 3.8) is 0 Å². The summed E-state index contributed by atoms with van der Waals surface area (Å²) in [4.78, 5) is 0. The summed E-state index contributed by atoms with van der Waals surface area (Å²) >= 11 is 0. The van der Waals surface area contributed by atoms with Gasteiger partial charge in [-0.1, -0.05) is 86.7 Å². The van der Waals surface area contributed by atoms with E-state index in [0.717, 1.165) is 11.8 Å². The first kappa shape index (κ1) is 11.8. The second-order valence-electron chi connectivity index (χ2n) is 7.41. The van der Waals surface area contributed by atoms with Crippen LogP contribution in [0.3, 0.4) is 0 Å². The van der Waals surface area contributed by atoms with Gasteiger partial charge in [0.2, 0.25) is 0 Å². The molecular formula is C21H20. The zero-order valence-electron chi connectivity index (χ0n) is 12.6. The first-order valence-corrected chi connectivity index (χ1v) is 7.98. The highest BCUT2D eigenvalue weighted by Gasteiger charge is 2.95. The summed E-state index contributed by atoms with van der Waals surface area (Å²) in [6, 6.07) is 22.4. The van der Waals surface area contributed by atoms with Crippen LogP contribution in [-0.2, 0) is 10.8 Å². The first-order valence-electron chi connectivity index (χ1n) is 7.98. The molecule has 0 amide bonds. The van der Waals surface area contributed by atoms with Gasteiger partial charge in [-0.05, 0) is 28.4 Å². The van der Waals surface area contributed by atoms with Gasteiger partial charge in [0.05, 0.1) is 0 Å². The van der Waals surface area contributed by atoms with Gasteiger partial charge in [-0.3, -0.25) is 0 Å². The van der Waals surface area contributed by atoms with Crippen LogP contribution < -0.4 is 0 Å². The molecule has 21 heavy (non-hydrogen) atoms. The second kappa shape index (κ2) is 3.32. The molecule has 104 valence electrons. The summed E-state index contributed by atoms with van der Waals surface area (Å²) in [6.45, 7) is 4.96. The maximum atomic E-state index is 2.48. The van der Waals surface area contributed by atoms with Gasteiger partial charge < -0.3 is 0 Å². The summed E-state index contributed by atoms with van der Waals surface area (Å²) in [6.07, 6.45) is 4.90. The molecule has 2 aromatic rings. The van der Waals surface area contributed by atoms with Gasteiger partial charge in [-0.15, -0.1) is 0 Å². The Balaban J connectivity index is 1.78. The number of rotatable bonds is 2. The maximum Gasteiger partial charge on any atom is 0.0190 e. The Labute approximate surface area is 126 Å². The number of hydrogen-bond acceptors (Lipinski definition) is 0. The van der Waals surface area contributed by atoms with Crippen molar-refractivity contribution < 1.29 is 0 Å². The summed E-state index contributed by atoms with van der Waals surface area (Å²) in [7, 11) is 0. The first-order chi connectivity index (χ1) is 10.2. The monoisotopic (exact) mass is 272 g/mol. The third-order valence-electron chi connectivity index (χ3n) is 6.90. The average molecular weight is 272 g/mol. The van der Waals surface area contributed by atoms with Crippen LogP contribution in [0.15, 0.2) is 72.8 Å². The normalized spacial score (nSPS) is 40.5. The summed E-state index contributed by atoms with van der Waals surface area (Å²) in [5.74, 6) is 1.46. The molecule has 3 aliphatic carbocycles. The molecule has 4 atom stereocenters. The van der Waals surface area contributed by atoms with Crippen LogP contribution in [0.1, 0.15) is 25.0 Å². The Kier molecular flexibility index (Phi) is 1.87. The van der Waals surface area contributed by atoms with E-state index in [0.29, 0.717) is 16.2 Å². The molecule has 3 aliphatic rings. The van der Waals surface area contributed by atoms with E-state index in [1.54, 1.807) is 0 Å². The molecule has 0 saturated heterocycles. The molecular weight excluding hydrogens is 252 g/mol. The fourth-order valence-corrected chi connectivity index (χ4v) is 6.33. The predicted molar refractivity (Wildman–Crippen MR) is 86.1 cm³/mol. The minimum Gasteiger partial charge on any atom is -0.0835 e. The van der Waals surface area contributed by atoms with Crippen LogP contribution >= 0.6 is 0 Å². The van der Waals surface area contributed by atoms with Crippen LogP contribution in [0.2, 0.25) is 0 Å². The standard InChI is InChI=1S/C21H20/c1-19(2)20(15-9-5-3-6-10-15)17-13-14-18(17)21(19,20)16-11-7-4-8-12-16/h3-14,17-18H,1-2H3/t17-,18-,20+,21+/m1/s1. The Bertz CT molecular complexity index is 677. The average Bonchev–Trinajstić information content (AvgIpc) is 2.88. The van der Waals surface area contributed by atoms with Crippen molar-refractivity contribution in [2.45, 2.75) is 24.7 Å². The topological polar surface area (TPSA) is 0 Å². The number of hydrogen-bond donors (Lipinski definition) is 0. The molecule has 0 unspecified atom stereocenters. The van der Waals surface area contributed by atoms with Gasteiger partial charge in [0.1, 0.15) is 0 Å². The van der Waals surface area contributed by atoms with Crippen molar-refractivity contribution in [2.75, 3.05) is 0 Å². The van der Waals surface area contributed by atoms with E-state index < -0.39 is 0 Å². The molecule has 0 bridgehead atoms. The summed E-state index contributed by atoms with van der Waals surface area (Å²) < 4.78 is 0. The van der Waals surface area contributed by atoms with Crippen molar-refractivity contribution in [1.82, 2.24) is 0 Å². The van der Waals surface area contributed by atoms with Gasteiger partial charge in [0.15, 0.2) is 0 Å². The minimum atomic E-state index is 0.308. The van der Waals surface area contributed by atoms with Crippen molar-refractivity contribution in [1.29, 1.82) is 0 Å². The van der Waals surface area contributed by atoms with E-state index in [1.165, 1.54) is 11.1 Å².